The number of fused-ring (bicyclic) bond motifs is 6. The highest BCUT2D eigenvalue weighted by atomic mass is 35.5. The van der Waals surface area contributed by atoms with Crippen LogP contribution >= 0.6 is 23.2 Å². The summed E-state index contributed by atoms with van der Waals surface area (Å²) in [6.07, 6.45) is 16.3. The molecule has 14 rings (SSSR count). The number of halogens is 2. The molecule has 6 aromatic heterocycles. The van der Waals surface area contributed by atoms with Gasteiger partial charge in [-0.25, -0.2) is 9.97 Å². The summed E-state index contributed by atoms with van der Waals surface area (Å²) in [5.41, 5.74) is 9.82. The first kappa shape index (κ1) is 56.8. The topological polar surface area (TPSA) is 212 Å². The van der Waals surface area contributed by atoms with Crippen molar-refractivity contribution >= 4 is 97.0 Å². The number of carbonyl (C=O) groups is 1. The Hall–Kier alpha value is -8.63. The quantitative estimate of drug-likeness (QED) is 0.0979. The summed E-state index contributed by atoms with van der Waals surface area (Å²) in [7, 11) is 6.35. The van der Waals surface area contributed by atoms with Crippen molar-refractivity contribution < 1.29 is 23.7 Å². The van der Waals surface area contributed by atoms with Crippen LogP contribution in [0.25, 0.3) is 55.6 Å². The Morgan fingerprint density at radius 1 is 0.529 bits per heavy atom. The van der Waals surface area contributed by atoms with Crippen molar-refractivity contribution in [3.05, 3.63) is 120 Å². The molecule has 438 valence electrons. The van der Waals surface area contributed by atoms with Gasteiger partial charge in [-0.3, -0.25) is 18.5 Å². The summed E-state index contributed by atoms with van der Waals surface area (Å²) >= 11 is 13.4. The summed E-state index contributed by atoms with van der Waals surface area (Å²) < 4.78 is 25.5. The number of hydrogen-bond donors (Lipinski definition) is 3. The number of pyridine rings is 2. The van der Waals surface area contributed by atoms with Gasteiger partial charge >= 0.3 is 0 Å². The van der Waals surface area contributed by atoms with Crippen LogP contribution in [-0.4, -0.2) is 147 Å². The molecule has 2 saturated carbocycles. The SMILES string of the molecule is COc1cc(OC)c(Cl)c(-c2cc3cnc(Nc4ccc(N5CCN(C6CCCC6)CC5)cc4)nc3n3cnnc23)c1.COc1cc(OC)c(Cl)c(-c2cc3cnc(Nc4ccc(N5CCNCC5)cc4)nc3n3cnnc23)c1.O=C1CCCC1. The lowest BCUT2D eigenvalue weighted by molar-refractivity contribution is -0.117. The van der Waals surface area contributed by atoms with Crippen LogP contribution in [0.4, 0.5) is 34.6 Å². The normalized spacial score (nSPS) is 15.7. The lowest BCUT2D eigenvalue weighted by Crippen LogP contribution is -2.49. The fourth-order valence-corrected chi connectivity index (χ4v) is 12.2. The van der Waals surface area contributed by atoms with Crippen LogP contribution in [0.15, 0.2) is 110 Å². The number of ketones is 1. The number of ether oxygens (including phenoxy) is 4. The molecule has 0 atom stereocenters. The Balaban J connectivity index is 0.000000153. The first-order valence-electron chi connectivity index (χ1n) is 28.7. The van der Waals surface area contributed by atoms with Crippen molar-refractivity contribution in [1.82, 2.24) is 59.3 Å². The maximum atomic E-state index is 10.2. The predicted molar refractivity (Wildman–Crippen MR) is 333 cm³/mol. The number of piperazine rings is 2. The van der Waals surface area contributed by atoms with E-state index in [1.165, 1.54) is 37.1 Å². The second kappa shape index (κ2) is 25.7. The molecule has 2 aliphatic carbocycles. The minimum atomic E-state index is 0.454. The highest BCUT2D eigenvalue weighted by Crippen LogP contribution is 2.43. The van der Waals surface area contributed by atoms with E-state index < -0.39 is 0 Å². The minimum absolute atomic E-state index is 0.454. The summed E-state index contributed by atoms with van der Waals surface area (Å²) in [4.78, 5) is 36.5. The number of Topliss-reactive ketones (excluding diaryl/α,β-unsaturated/α-hetero) is 1. The van der Waals surface area contributed by atoms with Crippen LogP contribution in [0.1, 0.15) is 51.4 Å². The average Bonchev–Trinajstić information content (AvgIpc) is 2.81. The van der Waals surface area contributed by atoms with E-state index in [4.69, 9.17) is 52.1 Å². The molecule has 2 aliphatic heterocycles. The Bertz CT molecular complexity index is 3990. The van der Waals surface area contributed by atoms with Crippen molar-refractivity contribution in [3.63, 3.8) is 0 Å². The molecule has 8 heterocycles. The van der Waals surface area contributed by atoms with Gasteiger partial charge < -0.3 is 44.7 Å². The molecular weight excluding hydrogens is 1120 g/mol. The summed E-state index contributed by atoms with van der Waals surface area (Å²) in [6, 6.07) is 28.7. The molecule has 21 nitrogen and oxygen atoms in total. The van der Waals surface area contributed by atoms with Crippen molar-refractivity contribution in [2.24, 2.45) is 0 Å². The van der Waals surface area contributed by atoms with Gasteiger partial charge in [0, 0.05) is 152 Å². The largest absolute Gasteiger partial charge is 0.497 e. The van der Waals surface area contributed by atoms with E-state index in [1.54, 1.807) is 65.6 Å². The van der Waals surface area contributed by atoms with Gasteiger partial charge in [-0.1, -0.05) is 36.0 Å². The van der Waals surface area contributed by atoms with E-state index >= 15 is 0 Å². The molecule has 4 aliphatic rings. The van der Waals surface area contributed by atoms with Crippen LogP contribution in [0.5, 0.6) is 23.0 Å². The Morgan fingerprint density at radius 2 is 0.988 bits per heavy atom. The molecule has 4 fully saturated rings. The highest BCUT2D eigenvalue weighted by molar-refractivity contribution is 6.35. The second-order valence-corrected chi connectivity index (χ2v) is 22.0. The van der Waals surface area contributed by atoms with E-state index in [2.05, 4.69) is 97.4 Å². The Labute approximate surface area is 501 Å². The smallest absolute Gasteiger partial charge is 0.229 e. The molecule has 4 aromatic carbocycles. The number of hydrogen-bond acceptors (Lipinski definition) is 19. The third kappa shape index (κ3) is 12.3. The molecule has 0 spiro atoms. The lowest BCUT2D eigenvalue weighted by Gasteiger charge is -2.39. The van der Waals surface area contributed by atoms with Crippen molar-refractivity contribution in [2.75, 3.05) is 101 Å². The van der Waals surface area contributed by atoms with Gasteiger partial charge in [0.05, 0.1) is 38.5 Å². The average molecular weight is 1190 g/mol. The molecular formula is C62H66Cl2N16O5. The fraction of sp³-hybridized carbons (Fsp3) is 0.339. The van der Waals surface area contributed by atoms with Crippen LogP contribution in [0.2, 0.25) is 10.0 Å². The van der Waals surface area contributed by atoms with Gasteiger partial charge in [0.25, 0.3) is 0 Å². The zero-order valence-corrected chi connectivity index (χ0v) is 49.4. The zero-order valence-electron chi connectivity index (χ0n) is 47.9. The Morgan fingerprint density at radius 3 is 1.41 bits per heavy atom. The number of carbonyl (C=O) groups excluding carboxylic acids is 1. The second-order valence-electron chi connectivity index (χ2n) is 21.3. The van der Waals surface area contributed by atoms with Gasteiger partial charge in [0.1, 0.15) is 41.4 Å². The van der Waals surface area contributed by atoms with Crippen LogP contribution in [0, 0.1) is 0 Å². The van der Waals surface area contributed by atoms with Crippen LogP contribution in [-0.2, 0) is 4.79 Å². The molecule has 23 heteroatoms. The van der Waals surface area contributed by atoms with Crippen LogP contribution in [0.3, 0.4) is 0 Å². The standard InChI is InChI=1S/C31H33ClN8O2.C26H25ClN8O2.C5H8O/c1-41-24-16-25(28(32)27(17-24)42-2)26-15-20-18-33-31(36-29(20)40-19-34-37-30(26)40)35-21-7-9-23(10-8-21)39-13-11-38(12-14-39)22-5-3-4-6-22;1-36-19-12-20(23(27)22(13-19)37-2)21-11-16-14-29-26(32-24(16)35-15-30-33-25(21)35)31-17-3-5-18(6-4-17)34-9-7-28-8-10-34;6-5-3-1-2-4-5/h7-10,15-19,22H,3-6,11-14H2,1-2H3,(H,33,35,36);3-6,11-15,28H,7-10H2,1-2H3,(H,29,31,32);1-4H2. The van der Waals surface area contributed by atoms with Crippen LogP contribution < -0.4 is 44.7 Å². The number of nitrogens with zero attached hydrogens (tertiary/aromatic N) is 13. The number of rotatable bonds is 13. The summed E-state index contributed by atoms with van der Waals surface area (Å²) in [5, 5.41) is 29.6. The first-order valence-corrected chi connectivity index (χ1v) is 29.4. The lowest BCUT2D eigenvalue weighted by atomic mass is 10.0. The fourth-order valence-electron chi connectivity index (χ4n) is 11.6. The molecule has 10 aromatic rings. The maximum Gasteiger partial charge on any atom is 0.229 e. The van der Waals surface area contributed by atoms with Gasteiger partial charge in [-0.15, -0.1) is 20.4 Å². The van der Waals surface area contributed by atoms with Crippen molar-refractivity contribution in [3.8, 4) is 45.3 Å². The molecule has 0 amide bonds. The minimum Gasteiger partial charge on any atom is -0.497 e. The monoisotopic (exact) mass is 1180 g/mol. The molecule has 3 N–H and O–H groups in total. The van der Waals surface area contributed by atoms with Gasteiger partial charge in [-0.2, -0.15) is 9.97 Å². The van der Waals surface area contributed by atoms with Gasteiger partial charge in [0.2, 0.25) is 11.9 Å². The van der Waals surface area contributed by atoms with Gasteiger partial charge in [0.15, 0.2) is 22.6 Å². The van der Waals surface area contributed by atoms with E-state index in [0.29, 0.717) is 78.9 Å². The van der Waals surface area contributed by atoms with Crippen molar-refractivity contribution in [1.29, 1.82) is 0 Å². The summed E-state index contributed by atoms with van der Waals surface area (Å²) in [5.74, 6) is 3.68. The highest BCUT2D eigenvalue weighted by Gasteiger charge is 2.27. The zero-order chi connectivity index (χ0) is 58.4. The predicted octanol–water partition coefficient (Wildman–Crippen LogP) is 11.1. The third-order valence-electron chi connectivity index (χ3n) is 16.2. The summed E-state index contributed by atoms with van der Waals surface area (Å²) in [6.45, 7) is 8.45. The Kier molecular flexibility index (Phi) is 17.2. The number of benzene rings is 4. The number of methoxy groups -OCH3 is 4. The first-order chi connectivity index (χ1) is 41.6. The van der Waals surface area contributed by atoms with E-state index in [0.717, 1.165) is 123 Å². The van der Waals surface area contributed by atoms with E-state index in [-0.39, 0.29) is 0 Å². The number of anilines is 6. The van der Waals surface area contributed by atoms with Gasteiger partial charge in [-0.05, 0) is 98.5 Å². The molecule has 85 heavy (non-hydrogen) atoms. The van der Waals surface area contributed by atoms with Crippen molar-refractivity contribution in [2.45, 2.75) is 57.4 Å². The molecule has 0 unspecified atom stereocenters. The number of aromatic nitrogens is 10. The molecule has 2 saturated heterocycles. The van der Waals surface area contributed by atoms with E-state index in [1.807, 2.05) is 45.2 Å². The maximum absolute atomic E-state index is 10.2. The third-order valence-corrected chi connectivity index (χ3v) is 16.9. The van der Waals surface area contributed by atoms with E-state index in [9.17, 15) is 4.79 Å². The molecule has 0 radical (unpaired) electrons. The number of nitrogens with one attached hydrogen (secondary N) is 3. The molecule has 0 bridgehead atoms.